The number of nitrogens with one attached hydrogen (secondary N) is 1. The first kappa shape index (κ1) is 23.9. The summed E-state index contributed by atoms with van der Waals surface area (Å²) in [5.74, 6) is -0.970. The Morgan fingerprint density at radius 3 is 2.41 bits per heavy atom. The molecule has 32 heavy (non-hydrogen) atoms. The molecule has 1 fully saturated rings. The molecule has 0 spiro atoms. The molecule has 1 atom stereocenters. The summed E-state index contributed by atoms with van der Waals surface area (Å²) in [5, 5.41) is 2.80. The fourth-order valence-corrected chi connectivity index (χ4v) is 3.46. The van der Waals surface area contributed by atoms with Gasteiger partial charge >= 0.3 is 6.03 Å². The van der Waals surface area contributed by atoms with Gasteiger partial charge in [0.15, 0.2) is 11.5 Å². The lowest BCUT2D eigenvalue weighted by Crippen LogP contribution is -2.54. The maximum atomic E-state index is 13.0. The molecule has 1 aliphatic heterocycles. The van der Waals surface area contributed by atoms with E-state index in [-0.39, 0.29) is 32.4 Å². The number of nitrogens with zero attached hydrogens (tertiary/aromatic N) is 1. The highest BCUT2D eigenvalue weighted by Crippen LogP contribution is 2.38. The molecule has 168 valence electrons. The highest BCUT2D eigenvalue weighted by atomic mass is 35.5. The minimum atomic E-state index is -0.900. The van der Waals surface area contributed by atoms with Crippen molar-refractivity contribution in [1.29, 1.82) is 0 Å². The lowest BCUT2D eigenvalue weighted by atomic mass is 10.1. The Bertz CT molecular complexity index is 1130. The molecule has 0 radical (unpaired) electrons. The van der Waals surface area contributed by atoms with Gasteiger partial charge in [-0.3, -0.25) is 14.9 Å². The molecule has 0 aromatic heterocycles. The lowest BCUT2D eigenvalue weighted by molar-refractivity contribution is -0.122. The molecule has 0 saturated carbocycles. The number of anilines is 1. The smallest absolute Gasteiger partial charge is 0.335 e. The van der Waals surface area contributed by atoms with Crippen LogP contribution in [0.15, 0.2) is 35.9 Å². The number of carbonyl (C=O) groups is 3. The summed E-state index contributed by atoms with van der Waals surface area (Å²) in [5.41, 5.74) is 0.294. The molecule has 3 rings (SSSR count). The largest absolute Gasteiger partial charge is 0.493 e. The first-order chi connectivity index (χ1) is 15.2. The number of halogens is 3. The SMILES string of the molecule is CC[C@@H](C)Oc1c(Cl)cc(/C=C2\C(=O)NC(=O)N(c3ccc(Cl)c(Cl)c3)C2=O)cc1OC. The van der Waals surface area contributed by atoms with E-state index < -0.39 is 17.8 Å². The number of benzene rings is 2. The molecule has 1 aliphatic rings. The molecule has 1 heterocycles. The molecule has 1 saturated heterocycles. The van der Waals surface area contributed by atoms with E-state index in [1.165, 1.54) is 37.5 Å². The second-order valence-electron chi connectivity index (χ2n) is 6.93. The summed E-state index contributed by atoms with van der Waals surface area (Å²) in [4.78, 5) is 38.6. The summed E-state index contributed by atoms with van der Waals surface area (Å²) in [7, 11) is 1.45. The molecule has 1 N–H and O–H groups in total. The number of hydrogen-bond donors (Lipinski definition) is 1. The lowest BCUT2D eigenvalue weighted by Gasteiger charge is -2.26. The second-order valence-corrected chi connectivity index (χ2v) is 8.15. The van der Waals surface area contributed by atoms with E-state index in [0.29, 0.717) is 17.1 Å². The highest BCUT2D eigenvalue weighted by Gasteiger charge is 2.37. The zero-order valence-corrected chi connectivity index (χ0v) is 19.6. The maximum Gasteiger partial charge on any atom is 0.335 e. The van der Waals surface area contributed by atoms with Gasteiger partial charge in [-0.05, 0) is 55.3 Å². The maximum absolute atomic E-state index is 13.0. The van der Waals surface area contributed by atoms with Crippen molar-refractivity contribution in [3.05, 3.63) is 56.5 Å². The fourth-order valence-electron chi connectivity index (χ4n) is 2.90. The number of hydrogen-bond acceptors (Lipinski definition) is 5. The van der Waals surface area contributed by atoms with Gasteiger partial charge in [0.1, 0.15) is 5.57 Å². The van der Waals surface area contributed by atoms with Crippen molar-refractivity contribution in [2.45, 2.75) is 26.4 Å². The van der Waals surface area contributed by atoms with Crippen LogP contribution in [0.2, 0.25) is 15.1 Å². The number of urea groups is 1. The number of ether oxygens (including phenoxy) is 2. The van der Waals surface area contributed by atoms with Crippen molar-refractivity contribution >= 4 is 64.4 Å². The summed E-state index contributed by atoms with van der Waals surface area (Å²) in [6, 6.07) is 6.46. The summed E-state index contributed by atoms with van der Waals surface area (Å²) in [6.07, 6.45) is 1.98. The first-order valence-corrected chi connectivity index (χ1v) is 10.7. The van der Waals surface area contributed by atoms with Crippen molar-refractivity contribution < 1.29 is 23.9 Å². The molecule has 2 aromatic carbocycles. The van der Waals surface area contributed by atoms with Gasteiger partial charge in [0, 0.05) is 0 Å². The van der Waals surface area contributed by atoms with Gasteiger partial charge in [0.2, 0.25) is 0 Å². The number of carbonyl (C=O) groups excluding carboxylic acids is 3. The van der Waals surface area contributed by atoms with Gasteiger partial charge in [-0.2, -0.15) is 0 Å². The Morgan fingerprint density at radius 2 is 1.78 bits per heavy atom. The number of amides is 4. The van der Waals surface area contributed by atoms with E-state index in [1.807, 2.05) is 13.8 Å². The number of barbiturate groups is 1. The average Bonchev–Trinajstić information content (AvgIpc) is 2.74. The van der Waals surface area contributed by atoms with Crippen LogP contribution in [0, 0.1) is 0 Å². The van der Waals surface area contributed by atoms with Gasteiger partial charge in [-0.15, -0.1) is 0 Å². The third kappa shape index (κ3) is 4.85. The van der Waals surface area contributed by atoms with Gasteiger partial charge in [0.05, 0.1) is 34.0 Å². The van der Waals surface area contributed by atoms with Crippen molar-refractivity contribution in [1.82, 2.24) is 5.32 Å². The number of methoxy groups -OCH3 is 1. The van der Waals surface area contributed by atoms with Gasteiger partial charge in [0.25, 0.3) is 11.8 Å². The van der Waals surface area contributed by atoms with Crippen LogP contribution in [0.3, 0.4) is 0 Å². The van der Waals surface area contributed by atoms with Crippen LogP contribution in [0.25, 0.3) is 6.08 Å². The minimum absolute atomic E-state index is 0.0953. The Balaban J connectivity index is 2.02. The van der Waals surface area contributed by atoms with Gasteiger partial charge < -0.3 is 9.47 Å². The molecule has 2 aromatic rings. The van der Waals surface area contributed by atoms with Gasteiger partial charge in [-0.25, -0.2) is 9.69 Å². The molecule has 10 heteroatoms. The average molecular weight is 498 g/mol. The molecule has 0 unspecified atom stereocenters. The molecule has 4 amide bonds. The quantitative estimate of drug-likeness (QED) is 0.421. The normalized spacial score (nSPS) is 16.2. The molecular formula is C22H19Cl3N2O5. The van der Waals surface area contributed by atoms with Crippen molar-refractivity contribution in [2.75, 3.05) is 12.0 Å². The fraction of sp³-hybridized carbons (Fsp3) is 0.227. The third-order valence-electron chi connectivity index (χ3n) is 4.72. The highest BCUT2D eigenvalue weighted by molar-refractivity contribution is 6.43. The summed E-state index contributed by atoms with van der Waals surface area (Å²) in [6.45, 7) is 3.86. The zero-order chi connectivity index (χ0) is 23.6. The summed E-state index contributed by atoms with van der Waals surface area (Å²) < 4.78 is 11.2. The molecular weight excluding hydrogens is 479 g/mol. The molecule has 0 aliphatic carbocycles. The summed E-state index contributed by atoms with van der Waals surface area (Å²) >= 11 is 18.3. The van der Waals surface area contributed by atoms with E-state index in [0.717, 1.165) is 11.3 Å². The minimum Gasteiger partial charge on any atom is -0.493 e. The topological polar surface area (TPSA) is 84.9 Å². The Kier molecular flexibility index (Phi) is 7.33. The Hall–Kier alpha value is -2.74. The molecule has 7 nitrogen and oxygen atoms in total. The van der Waals surface area contributed by atoms with Crippen molar-refractivity contribution in [3.63, 3.8) is 0 Å². The van der Waals surface area contributed by atoms with Crippen LogP contribution in [0.1, 0.15) is 25.8 Å². The van der Waals surface area contributed by atoms with Crippen molar-refractivity contribution in [3.8, 4) is 11.5 Å². The second kappa shape index (κ2) is 9.81. The van der Waals surface area contributed by atoms with Gasteiger partial charge in [-0.1, -0.05) is 41.7 Å². The number of imide groups is 2. The first-order valence-electron chi connectivity index (χ1n) is 9.57. The Labute approximate surface area is 199 Å². The van der Waals surface area contributed by atoms with Crippen molar-refractivity contribution in [2.24, 2.45) is 0 Å². The van der Waals surface area contributed by atoms with E-state index in [1.54, 1.807) is 6.07 Å². The van der Waals surface area contributed by atoms with E-state index in [2.05, 4.69) is 5.32 Å². The standard InChI is InChI=1S/C22H19Cl3N2O5/c1-4-11(2)32-19-17(25)8-12(9-18(19)31-3)7-14-20(28)26-22(30)27(21(14)29)13-5-6-15(23)16(24)10-13/h5-11H,4H2,1-3H3,(H,26,28,30)/b14-7+/t11-/m1/s1. The molecule has 0 bridgehead atoms. The number of rotatable bonds is 6. The predicted octanol–water partition coefficient (Wildman–Crippen LogP) is 5.50. The monoisotopic (exact) mass is 496 g/mol. The van der Waals surface area contributed by atoms with Crippen LogP contribution >= 0.6 is 34.8 Å². The van der Waals surface area contributed by atoms with Crippen LogP contribution in [-0.2, 0) is 9.59 Å². The van der Waals surface area contributed by atoms with E-state index in [9.17, 15) is 14.4 Å². The van der Waals surface area contributed by atoms with E-state index in [4.69, 9.17) is 44.3 Å². The van der Waals surface area contributed by atoms with Crippen LogP contribution < -0.4 is 19.7 Å². The van der Waals surface area contributed by atoms with Crippen LogP contribution in [-0.4, -0.2) is 31.1 Å². The zero-order valence-electron chi connectivity index (χ0n) is 17.4. The van der Waals surface area contributed by atoms with E-state index >= 15 is 0 Å². The van der Waals surface area contributed by atoms with Crippen LogP contribution in [0.4, 0.5) is 10.5 Å². The van der Waals surface area contributed by atoms with Crippen LogP contribution in [0.5, 0.6) is 11.5 Å². The Morgan fingerprint density at radius 1 is 1.06 bits per heavy atom. The predicted molar refractivity (Wildman–Crippen MR) is 124 cm³/mol. The third-order valence-corrected chi connectivity index (χ3v) is 5.74.